The van der Waals surface area contributed by atoms with Gasteiger partial charge < -0.3 is 19.2 Å². The molecule has 2 aromatic rings. The zero-order chi connectivity index (χ0) is 25.2. The molecular weight excluding hydrogens is 471 g/mol. The molecule has 1 fully saturated rings. The third-order valence-electron chi connectivity index (χ3n) is 5.48. The number of H-pyrrole nitrogens is 1. The molecule has 1 aliphatic rings. The molecule has 34 heavy (non-hydrogen) atoms. The summed E-state index contributed by atoms with van der Waals surface area (Å²) in [5.74, 6) is -3.24. The van der Waals surface area contributed by atoms with Crippen molar-refractivity contribution in [3.05, 3.63) is 52.1 Å². The summed E-state index contributed by atoms with van der Waals surface area (Å²) in [6, 6.07) is 2.82. The van der Waals surface area contributed by atoms with Crippen molar-refractivity contribution in [2.75, 3.05) is 33.4 Å². The van der Waals surface area contributed by atoms with E-state index in [0.29, 0.717) is 11.3 Å². The standard InChI is InChI=1S/C22H25FN2O8S/c1-12-18(22(28)31-4)13(2)24-19(12)20(26)14(3)33-21(27)15-5-6-16(23)17(11-15)34(29,30)25-7-9-32-10-8-25/h5-6,11,14,24H,7-10H2,1-4H3/t14-/m1/s1. The molecule has 12 heteroatoms. The summed E-state index contributed by atoms with van der Waals surface area (Å²) in [6.45, 7) is 4.97. The maximum absolute atomic E-state index is 14.4. The summed E-state index contributed by atoms with van der Waals surface area (Å²) < 4.78 is 56.2. The third-order valence-corrected chi connectivity index (χ3v) is 7.39. The van der Waals surface area contributed by atoms with Gasteiger partial charge in [0.25, 0.3) is 0 Å². The largest absolute Gasteiger partial charge is 0.465 e. The molecule has 1 aromatic heterocycles. The highest BCUT2D eigenvalue weighted by Crippen LogP contribution is 2.24. The lowest BCUT2D eigenvalue weighted by Gasteiger charge is -2.26. The first-order valence-corrected chi connectivity index (χ1v) is 11.8. The number of hydrogen-bond acceptors (Lipinski definition) is 8. The first-order valence-electron chi connectivity index (χ1n) is 10.4. The number of ether oxygens (including phenoxy) is 3. The number of methoxy groups -OCH3 is 1. The number of morpholine rings is 1. The van der Waals surface area contributed by atoms with E-state index in [0.717, 1.165) is 22.5 Å². The van der Waals surface area contributed by atoms with Crippen molar-refractivity contribution in [2.45, 2.75) is 31.8 Å². The minimum atomic E-state index is -4.20. The Balaban J connectivity index is 1.81. The van der Waals surface area contributed by atoms with Crippen molar-refractivity contribution in [1.82, 2.24) is 9.29 Å². The lowest BCUT2D eigenvalue weighted by Crippen LogP contribution is -2.41. The Labute approximate surface area is 196 Å². The molecule has 10 nitrogen and oxygen atoms in total. The number of aryl methyl sites for hydroxylation is 1. The molecule has 1 aliphatic heterocycles. The molecule has 0 aliphatic carbocycles. The van der Waals surface area contributed by atoms with Gasteiger partial charge in [-0.25, -0.2) is 22.4 Å². The second kappa shape index (κ2) is 10.0. The lowest BCUT2D eigenvalue weighted by atomic mass is 10.1. The summed E-state index contributed by atoms with van der Waals surface area (Å²) in [4.78, 5) is 39.6. The molecule has 3 rings (SSSR count). The summed E-state index contributed by atoms with van der Waals surface area (Å²) in [5, 5.41) is 0. The molecule has 2 heterocycles. The number of rotatable bonds is 7. The first-order chi connectivity index (χ1) is 16.0. The minimum absolute atomic E-state index is 0.0600. The van der Waals surface area contributed by atoms with Crippen LogP contribution in [0.1, 0.15) is 49.4 Å². The van der Waals surface area contributed by atoms with Crippen LogP contribution in [0.15, 0.2) is 23.1 Å². The van der Waals surface area contributed by atoms with Crippen LogP contribution >= 0.6 is 0 Å². The smallest absolute Gasteiger partial charge is 0.339 e. The molecule has 0 amide bonds. The number of sulfonamides is 1. The fourth-order valence-electron chi connectivity index (χ4n) is 3.64. The molecule has 0 unspecified atom stereocenters. The number of hydrogen-bond donors (Lipinski definition) is 1. The van der Waals surface area contributed by atoms with Gasteiger partial charge in [-0.05, 0) is 44.5 Å². The van der Waals surface area contributed by atoms with Gasteiger partial charge in [0.2, 0.25) is 15.8 Å². The number of Topliss-reactive ketones (excluding diaryl/α,β-unsaturated/α-hetero) is 1. The second-order valence-electron chi connectivity index (χ2n) is 7.69. The summed E-state index contributed by atoms with van der Waals surface area (Å²) in [5.41, 5.74) is 0.817. The van der Waals surface area contributed by atoms with E-state index < -0.39 is 44.6 Å². The van der Waals surface area contributed by atoms with Crippen LogP contribution in [0.2, 0.25) is 0 Å². The van der Waals surface area contributed by atoms with Crippen LogP contribution in [0.3, 0.4) is 0 Å². The molecule has 0 spiro atoms. The molecule has 184 valence electrons. The van der Waals surface area contributed by atoms with E-state index in [1.807, 2.05) is 0 Å². The van der Waals surface area contributed by atoms with Crippen LogP contribution in [-0.2, 0) is 24.2 Å². The first kappa shape index (κ1) is 25.5. The number of esters is 2. The van der Waals surface area contributed by atoms with Crippen molar-refractivity contribution in [3.8, 4) is 0 Å². The Morgan fingerprint density at radius 2 is 1.79 bits per heavy atom. The van der Waals surface area contributed by atoms with E-state index >= 15 is 0 Å². The van der Waals surface area contributed by atoms with E-state index in [9.17, 15) is 27.2 Å². The number of benzene rings is 1. The van der Waals surface area contributed by atoms with Gasteiger partial charge in [-0.1, -0.05) is 0 Å². The average molecular weight is 497 g/mol. The van der Waals surface area contributed by atoms with E-state index in [2.05, 4.69) is 4.98 Å². The van der Waals surface area contributed by atoms with Crippen LogP contribution in [-0.4, -0.2) is 74.9 Å². The van der Waals surface area contributed by atoms with Crippen LogP contribution in [0.4, 0.5) is 4.39 Å². The number of carbonyl (C=O) groups excluding carboxylic acids is 3. The number of ketones is 1. The zero-order valence-corrected chi connectivity index (χ0v) is 20.0. The van der Waals surface area contributed by atoms with E-state index in [4.69, 9.17) is 14.2 Å². The van der Waals surface area contributed by atoms with Crippen LogP contribution < -0.4 is 0 Å². The Morgan fingerprint density at radius 1 is 1.15 bits per heavy atom. The second-order valence-corrected chi connectivity index (χ2v) is 9.60. The average Bonchev–Trinajstić information content (AvgIpc) is 3.12. The van der Waals surface area contributed by atoms with Crippen LogP contribution in [0.25, 0.3) is 0 Å². The van der Waals surface area contributed by atoms with E-state index in [1.54, 1.807) is 13.8 Å². The predicted molar refractivity (Wildman–Crippen MR) is 117 cm³/mol. The maximum atomic E-state index is 14.4. The van der Waals surface area contributed by atoms with E-state index in [1.165, 1.54) is 14.0 Å². The van der Waals surface area contributed by atoms with Gasteiger partial charge in [0.1, 0.15) is 10.7 Å². The van der Waals surface area contributed by atoms with Gasteiger partial charge in [-0.2, -0.15) is 4.31 Å². The third kappa shape index (κ3) is 4.88. The van der Waals surface area contributed by atoms with Crippen molar-refractivity contribution in [3.63, 3.8) is 0 Å². The normalized spacial score (nSPS) is 15.6. The number of nitrogens with one attached hydrogen (secondary N) is 1. The number of carbonyl (C=O) groups is 3. The predicted octanol–water partition coefficient (Wildman–Crippen LogP) is 2.01. The summed E-state index contributed by atoms with van der Waals surface area (Å²) >= 11 is 0. The van der Waals surface area contributed by atoms with Gasteiger partial charge >= 0.3 is 11.9 Å². The molecule has 1 saturated heterocycles. The van der Waals surface area contributed by atoms with Crippen molar-refractivity contribution in [1.29, 1.82) is 0 Å². The Bertz CT molecular complexity index is 1230. The lowest BCUT2D eigenvalue weighted by molar-refractivity contribution is 0.0316. The fourth-order valence-corrected chi connectivity index (χ4v) is 5.14. The van der Waals surface area contributed by atoms with E-state index in [-0.39, 0.29) is 43.1 Å². The molecular formula is C22H25FN2O8S. The monoisotopic (exact) mass is 496 g/mol. The quantitative estimate of drug-likeness (QED) is 0.455. The molecule has 0 saturated carbocycles. The Hall–Kier alpha value is -3.09. The van der Waals surface area contributed by atoms with Gasteiger partial charge in [0.05, 0.1) is 37.1 Å². The van der Waals surface area contributed by atoms with Gasteiger partial charge in [-0.3, -0.25) is 4.79 Å². The highest BCUT2D eigenvalue weighted by Gasteiger charge is 2.31. The number of nitrogens with zero attached hydrogens (tertiary/aromatic N) is 1. The molecule has 0 bridgehead atoms. The van der Waals surface area contributed by atoms with Gasteiger partial charge in [0.15, 0.2) is 6.10 Å². The minimum Gasteiger partial charge on any atom is -0.465 e. The number of halogens is 1. The number of aromatic nitrogens is 1. The fraction of sp³-hybridized carbons (Fsp3) is 0.409. The summed E-state index contributed by atoms with van der Waals surface area (Å²) in [6.07, 6.45) is -1.28. The SMILES string of the molecule is COC(=O)c1c(C)[nH]c(C(=O)[C@@H](C)OC(=O)c2ccc(F)c(S(=O)(=O)N3CCOCC3)c2)c1C. The van der Waals surface area contributed by atoms with Gasteiger partial charge in [-0.15, -0.1) is 0 Å². The van der Waals surface area contributed by atoms with Crippen molar-refractivity contribution in [2.24, 2.45) is 0 Å². The molecule has 0 radical (unpaired) electrons. The van der Waals surface area contributed by atoms with Crippen molar-refractivity contribution >= 4 is 27.7 Å². The van der Waals surface area contributed by atoms with Crippen LogP contribution in [0, 0.1) is 19.7 Å². The van der Waals surface area contributed by atoms with Gasteiger partial charge in [0, 0.05) is 18.8 Å². The summed E-state index contributed by atoms with van der Waals surface area (Å²) in [7, 11) is -2.98. The highest BCUT2D eigenvalue weighted by molar-refractivity contribution is 7.89. The highest BCUT2D eigenvalue weighted by atomic mass is 32.2. The molecule has 1 N–H and O–H groups in total. The van der Waals surface area contributed by atoms with Crippen LogP contribution in [0.5, 0.6) is 0 Å². The maximum Gasteiger partial charge on any atom is 0.339 e. The number of aromatic amines is 1. The zero-order valence-electron chi connectivity index (χ0n) is 19.1. The Morgan fingerprint density at radius 3 is 2.41 bits per heavy atom. The molecule has 1 atom stereocenters. The van der Waals surface area contributed by atoms with Crippen molar-refractivity contribution < 1.29 is 41.4 Å². The Kier molecular flexibility index (Phi) is 7.54. The molecule has 1 aromatic carbocycles. The topological polar surface area (TPSA) is 132 Å².